The van der Waals surface area contributed by atoms with Crippen molar-refractivity contribution in [2.45, 2.75) is 125 Å². The van der Waals surface area contributed by atoms with Gasteiger partial charge in [0.05, 0.1) is 31.5 Å². The average molecular weight is 1340 g/mol. The molecule has 0 bridgehead atoms. The van der Waals surface area contributed by atoms with Crippen LogP contribution in [0.15, 0.2) is 102 Å². The third kappa shape index (κ3) is 47.7. The summed E-state index contributed by atoms with van der Waals surface area (Å²) in [5.41, 5.74) is 39.7. The molecule has 0 spiro atoms. The SMILES string of the molecule is C.C.C.NCCCCCC(=O)Nc1ccccc1N.NCCCCCC(=O)Nc1ccccc1[N+](=O)[O-].O=C(CCCCCBr)Nc1ccccc1[N+](=O)[O-].O=C(Cl)CBr.[N-]=[N+]=NCCCCCC(=O)Nc1ccccc1[N+](=O)[O-].[N-]=[N+]=[N-].[Na+]. The summed E-state index contributed by atoms with van der Waals surface area (Å²) in [4.78, 5) is 90.8. The number of amides is 4. The van der Waals surface area contributed by atoms with E-state index in [1.54, 1.807) is 48.5 Å². The van der Waals surface area contributed by atoms with Crippen molar-refractivity contribution in [1.82, 2.24) is 0 Å². The molecule has 10 N–H and O–H groups in total. The normalized spacial score (nSPS) is 9.06. The van der Waals surface area contributed by atoms with Gasteiger partial charge in [-0.1, -0.05) is 133 Å². The number of alkyl halides is 2. The van der Waals surface area contributed by atoms with Crippen LogP contribution < -0.4 is 68.0 Å². The molecule has 0 unspecified atom stereocenters. The molecule has 0 aliphatic rings. The summed E-state index contributed by atoms with van der Waals surface area (Å²) in [5, 5.41) is 46.9. The second-order valence-electron chi connectivity index (χ2n) is 16.1. The van der Waals surface area contributed by atoms with Gasteiger partial charge in [-0.05, 0) is 112 Å². The van der Waals surface area contributed by atoms with E-state index in [1.807, 2.05) is 12.1 Å². The van der Waals surface area contributed by atoms with E-state index in [1.165, 1.54) is 41.3 Å². The number of unbranched alkanes of at least 4 members (excludes halogenated alkanes) is 8. The largest absolute Gasteiger partial charge is 1.00 e. The molecule has 4 amide bonds. The number of nitro benzene ring substituents is 3. The second-order valence-corrected chi connectivity index (χ2v) is 17.9. The molecule has 0 atom stereocenters. The van der Waals surface area contributed by atoms with E-state index < -0.39 is 14.8 Å². The summed E-state index contributed by atoms with van der Waals surface area (Å²) in [6.07, 6.45) is 11.8. The van der Waals surface area contributed by atoms with Crippen molar-refractivity contribution in [1.29, 1.82) is 0 Å². The van der Waals surface area contributed by atoms with Crippen LogP contribution in [0.25, 0.3) is 26.4 Å². The van der Waals surface area contributed by atoms with Gasteiger partial charge in [-0.15, -0.1) is 0 Å². The van der Waals surface area contributed by atoms with Crippen LogP contribution in [0, 0.1) is 30.3 Å². The zero-order valence-corrected chi connectivity index (χ0v) is 50.9. The van der Waals surface area contributed by atoms with E-state index in [2.05, 4.69) is 63.2 Å². The number of nitrogens with two attached hydrogens (primary N) is 3. The summed E-state index contributed by atoms with van der Waals surface area (Å²) in [5.74, 6) is -0.641. The number of hydrogen-bond acceptors (Lipinski definition) is 15. The van der Waals surface area contributed by atoms with E-state index >= 15 is 0 Å². The molecule has 0 aliphatic heterocycles. The van der Waals surface area contributed by atoms with Gasteiger partial charge in [0.2, 0.25) is 28.9 Å². The topological polar surface area (TPSA) is 448 Å². The molecule has 0 saturated heterocycles. The molecule has 0 radical (unpaired) electrons. The van der Waals surface area contributed by atoms with Crippen LogP contribution in [0.5, 0.6) is 0 Å². The zero-order chi connectivity index (χ0) is 60.4. The standard InChI is InChI=1S/C12H15BrN2O3.C12H15N5O3.C12H17N3O3.C12H19N3O.C2H2BrClO.3CH4.N3.Na/c13-9-5-1-2-8-12(16)14-10-6-3-4-7-11(10)15(17)18;13-16-14-9-5-1-2-8-12(18)15-10-6-3-4-7-11(10)17(19)20;13-9-5-1-2-8-12(16)14-10-6-3-4-7-11(10)15(17)18;13-9-5-1-2-8-12(16)15-11-7-4-3-6-10(11)14;3-1-2(4)5;;;;1-3-2;/h3-4,6-7H,1-2,5,8-9H2,(H,14,16);3-4,6-7H,1-2,5,8-9H2,(H,15,18);3-4,6-7H,1-2,5,8-9,13H2,(H,14,16);3-4,6-7H,1-2,5,8-9,13-14H2,(H,15,16);1H2;3*1H4;;/q;;;;;;;;-1;+1. The Hall–Kier alpha value is -6.78. The summed E-state index contributed by atoms with van der Waals surface area (Å²) >= 11 is 10.9. The summed E-state index contributed by atoms with van der Waals surface area (Å²) in [6.45, 7) is 1.72. The quantitative estimate of drug-likeness (QED) is 0.00254. The fourth-order valence-electron chi connectivity index (χ4n) is 6.14. The number of azide groups is 1. The number of carbonyl (C=O) groups excluding carboxylic acids is 5. The number of anilines is 5. The molecule has 0 fully saturated rings. The number of rotatable bonds is 29. The number of nitro groups is 3. The number of hydrogen-bond donors (Lipinski definition) is 7. The minimum Gasteiger partial charge on any atom is -0.397 e. The van der Waals surface area contributed by atoms with Crippen LogP contribution in [-0.4, -0.2) is 73.9 Å². The van der Waals surface area contributed by atoms with Gasteiger partial charge < -0.3 is 49.5 Å². The molecular weight excluding hydrogens is 1250 g/mol. The van der Waals surface area contributed by atoms with Crippen molar-refractivity contribution in [3.05, 3.63) is 154 Å². The molecule has 84 heavy (non-hydrogen) atoms. The van der Waals surface area contributed by atoms with E-state index in [0.717, 1.165) is 76.0 Å². The first kappa shape index (κ1) is 88.4. The second kappa shape index (κ2) is 59.4. The molecule has 27 nitrogen and oxygen atoms in total. The van der Waals surface area contributed by atoms with E-state index in [0.29, 0.717) is 56.7 Å². The molecule has 0 aromatic heterocycles. The summed E-state index contributed by atoms with van der Waals surface area (Å²) < 4.78 is 0. The Balaban J connectivity index is -0.000000228. The van der Waals surface area contributed by atoms with Gasteiger partial charge in [-0.2, -0.15) is 0 Å². The van der Waals surface area contributed by atoms with Crippen molar-refractivity contribution >= 4 is 118 Å². The minimum absolute atomic E-state index is 0. The van der Waals surface area contributed by atoms with Crippen molar-refractivity contribution in [2.24, 2.45) is 16.6 Å². The maximum atomic E-state index is 11.7. The molecule has 0 heterocycles. The first-order chi connectivity index (χ1) is 38.4. The maximum Gasteiger partial charge on any atom is 1.00 e. The molecule has 0 aliphatic carbocycles. The predicted octanol–water partition coefficient (Wildman–Crippen LogP) is 11.6. The number of carbonyl (C=O) groups is 5. The number of nitrogens with one attached hydrogen (secondary N) is 4. The Morgan fingerprint density at radius 1 is 0.500 bits per heavy atom. The Morgan fingerprint density at radius 3 is 1.05 bits per heavy atom. The first-order valence-corrected chi connectivity index (χ1v) is 27.4. The van der Waals surface area contributed by atoms with Crippen LogP contribution >= 0.6 is 43.5 Å². The smallest absolute Gasteiger partial charge is 0.397 e. The number of nitrogen functional groups attached to an aromatic ring is 1. The van der Waals surface area contributed by atoms with Gasteiger partial charge in [0, 0.05) is 60.7 Å². The van der Waals surface area contributed by atoms with Crippen LogP contribution in [0.2, 0.25) is 0 Å². The van der Waals surface area contributed by atoms with Gasteiger partial charge in [0.25, 0.3) is 17.1 Å². The van der Waals surface area contributed by atoms with Gasteiger partial charge in [0.1, 0.15) is 17.1 Å². The minimum atomic E-state index is -0.532. The Bertz CT molecular complexity index is 2520. The van der Waals surface area contributed by atoms with Gasteiger partial charge in [-0.25, -0.2) is 0 Å². The maximum absolute atomic E-state index is 11.7. The Labute approximate surface area is 535 Å². The fourth-order valence-corrected chi connectivity index (χ4v) is 6.53. The zero-order valence-electron chi connectivity index (χ0n) is 45.0. The van der Waals surface area contributed by atoms with Crippen molar-refractivity contribution < 1.29 is 68.3 Å². The Kier molecular flexibility index (Phi) is 62.5. The number of benzene rings is 4. The van der Waals surface area contributed by atoms with Crippen molar-refractivity contribution in [2.75, 3.05) is 57.3 Å². The van der Waals surface area contributed by atoms with Crippen molar-refractivity contribution in [3.8, 4) is 0 Å². The monoisotopic (exact) mass is 1330 g/mol. The summed E-state index contributed by atoms with van der Waals surface area (Å²) in [7, 11) is 0. The molecule has 31 heteroatoms. The molecule has 0 saturated carbocycles. The number of halogens is 3. The van der Waals surface area contributed by atoms with Crippen molar-refractivity contribution in [3.63, 3.8) is 0 Å². The van der Waals surface area contributed by atoms with E-state index in [4.69, 9.17) is 45.4 Å². The van der Waals surface area contributed by atoms with E-state index in [9.17, 15) is 54.3 Å². The first-order valence-electron chi connectivity index (χ1n) is 24.8. The molecular formula is C53H80Br2ClN16NaO11. The van der Waals surface area contributed by atoms with Gasteiger partial charge >= 0.3 is 29.6 Å². The van der Waals surface area contributed by atoms with Crippen LogP contribution in [0.1, 0.15) is 125 Å². The third-order valence-corrected chi connectivity index (χ3v) is 11.5. The van der Waals surface area contributed by atoms with Crippen LogP contribution in [0.4, 0.5) is 45.5 Å². The number of para-hydroxylation sites is 8. The molecule has 4 rings (SSSR count). The average Bonchev–Trinajstić information content (AvgIpc) is 3.59. The molecule has 4 aromatic rings. The predicted molar refractivity (Wildman–Crippen MR) is 339 cm³/mol. The molecule has 460 valence electrons. The molecule has 4 aromatic carbocycles. The fraction of sp³-hybridized carbons (Fsp3) is 0.453. The Morgan fingerprint density at radius 2 is 0.774 bits per heavy atom. The summed E-state index contributed by atoms with van der Waals surface area (Å²) in [6, 6.07) is 25.5. The van der Waals surface area contributed by atoms with Gasteiger partial charge in [0.15, 0.2) is 0 Å². The van der Waals surface area contributed by atoms with Gasteiger partial charge in [-0.3, -0.25) is 59.2 Å². The number of nitrogens with zero attached hydrogens (tertiary/aromatic N) is 9. The third-order valence-electron chi connectivity index (χ3n) is 9.94. The van der Waals surface area contributed by atoms with Crippen LogP contribution in [0.3, 0.4) is 0 Å². The van der Waals surface area contributed by atoms with Crippen LogP contribution in [-0.2, 0) is 24.0 Å². The van der Waals surface area contributed by atoms with E-state index in [-0.39, 0.29) is 127 Å².